The summed E-state index contributed by atoms with van der Waals surface area (Å²) in [5.41, 5.74) is 3.83. The number of anilines is 1. The molecule has 5 nitrogen and oxygen atoms in total. The Bertz CT molecular complexity index is 929. The van der Waals surface area contributed by atoms with Gasteiger partial charge in [-0.3, -0.25) is 5.73 Å². The summed E-state index contributed by atoms with van der Waals surface area (Å²) in [6.07, 6.45) is -3.81. The number of allylic oxidation sites excluding steroid dienone is 1. The SMILES string of the molecule is CC(C1=C(c2c(F)cc(C=S)cc2F)C(N)(Cl)Nc2ncnn21)C(F)(F)F. The zero-order valence-electron chi connectivity index (χ0n) is 13.5. The third-order valence-electron chi connectivity index (χ3n) is 4.04. The molecule has 2 aromatic rings. The summed E-state index contributed by atoms with van der Waals surface area (Å²) in [7, 11) is 0. The van der Waals surface area contributed by atoms with E-state index in [2.05, 4.69) is 27.6 Å². The van der Waals surface area contributed by atoms with Gasteiger partial charge < -0.3 is 5.32 Å². The summed E-state index contributed by atoms with van der Waals surface area (Å²) >= 11 is 10.8. The van der Waals surface area contributed by atoms with Crippen LogP contribution in [0.2, 0.25) is 0 Å². The molecule has 1 aliphatic heterocycles. The highest BCUT2D eigenvalue weighted by atomic mass is 35.5. The largest absolute Gasteiger partial charge is 0.396 e. The van der Waals surface area contributed by atoms with Crippen molar-refractivity contribution in [2.45, 2.75) is 18.2 Å². The summed E-state index contributed by atoms with van der Waals surface area (Å²) < 4.78 is 70.5. The molecule has 0 fully saturated rings. The molecule has 12 heteroatoms. The Kier molecular flexibility index (Phi) is 4.73. The number of fused-ring (bicyclic) bond motifs is 1. The average Bonchev–Trinajstić information content (AvgIpc) is 2.99. The van der Waals surface area contributed by atoms with E-state index in [1.165, 1.54) is 0 Å². The number of nitrogens with two attached hydrogens (primary N) is 1. The molecular weight excluding hydrogens is 413 g/mol. The van der Waals surface area contributed by atoms with Crippen molar-refractivity contribution in [1.82, 2.24) is 14.8 Å². The lowest BCUT2D eigenvalue weighted by Gasteiger charge is -2.36. The number of benzene rings is 1. The molecule has 1 aromatic carbocycles. The molecule has 2 atom stereocenters. The number of hydrogen-bond donors (Lipinski definition) is 2. The maximum atomic E-state index is 14.7. The number of hydrogen-bond acceptors (Lipinski definition) is 5. The third-order valence-corrected chi connectivity index (χ3v) is 4.60. The summed E-state index contributed by atoms with van der Waals surface area (Å²) in [5, 5.41) is 4.88. The van der Waals surface area contributed by atoms with Crippen LogP contribution in [-0.4, -0.2) is 31.4 Å². The van der Waals surface area contributed by atoms with Crippen molar-refractivity contribution >= 4 is 46.4 Å². The molecule has 0 saturated carbocycles. The van der Waals surface area contributed by atoms with Gasteiger partial charge in [-0.25, -0.2) is 13.5 Å². The van der Waals surface area contributed by atoms with E-state index in [-0.39, 0.29) is 11.5 Å². The highest BCUT2D eigenvalue weighted by molar-refractivity contribution is 7.79. The molecule has 144 valence electrons. The molecule has 0 amide bonds. The van der Waals surface area contributed by atoms with Crippen LogP contribution in [0.4, 0.5) is 27.9 Å². The lowest BCUT2D eigenvalue weighted by atomic mass is 9.91. The fraction of sp³-hybridized carbons (Fsp3) is 0.267. The van der Waals surface area contributed by atoms with Crippen molar-refractivity contribution in [1.29, 1.82) is 0 Å². The van der Waals surface area contributed by atoms with Gasteiger partial charge in [0, 0.05) is 10.9 Å². The Hall–Kier alpha value is -2.11. The number of aromatic nitrogens is 3. The van der Waals surface area contributed by atoms with Gasteiger partial charge in [-0.15, -0.1) is 0 Å². The molecule has 2 heterocycles. The minimum atomic E-state index is -4.77. The Morgan fingerprint density at radius 1 is 1.33 bits per heavy atom. The van der Waals surface area contributed by atoms with E-state index in [1.807, 2.05) is 0 Å². The first-order valence-corrected chi connectivity index (χ1v) is 8.24. The smallest absolute Gasteiger partial charge is 0.319 e. The Labute approximate surface area is 160 Å². The minimum Gasteiger partial charge on any atom is -0.319 e. The van der Waals surface area contributed by atoms with E-state index in [9.17, 15) is 22.0 Å². The highest BCUT2D eigenvalue weighted by Gasteiger charge is 2.48. The van der Waals surface area contributed by atoms with Gasteiger partial charge >= 0.3 is 6.18 Å². The standard InChI is InChI=1S/C15H11ClF5N5S/c1-6(15(19,20)21)12-11(10-8(17)2-7(4-27)3-9(10)18)14(16,22)25-13-23-5-24-26(12)13/h2-6H,22H2,1H3,(H,23,24,25). The quantitative estimate of drug-likeness (QED) is 0.340. The Balaban J connectivity index is 2.42. The first-order valence-electron chi connectivity index (χ1n) is 7.39. The first kappa shape index (κ1) is 19.6. The molecule has 1 aromatic heterocycles. The van der Waals surface area contributed by atoms with Crippen LogP contribution in [0.1, 0.15) is 18.1 Å². The predicted molar refractivity (Wildman–Crippen MR) is 93.9 cm³/mol. The van der Waals surface area contributed by atoms with Crippen molar-refractivity contribution in [3.05, 3.63) is 41.2 Å². The van der Waals surface area contributed by atoms with Crippen LogP contribution in [0.15, 0.2) is 18.5 Å². The second-order valence-electron chi connectivity index (χ2n) is 5.83. The topological polar surface area (TPSA) is 68.8 Å². The molecule has 0 spiro atoms. The summed E-state index contributed by atoms with van der Waals surface area (Å²) in [6.45, 7) is 0.806. The van der Waals surface area contributed by atoms with E-state index in [0.29, 0.717) is 0 Å². The van der Waals surface area contributed by atoms with E-state index >= 15 is 0 Å². The third kappa shape index (κ3) is 3.30. The first-order chi connectivity index (χ1) is 12.5. The Morgan fingerprint density at radius 2 is 1.93 bits per heavy atom. The minimum absolute atomic E-state index is 0.0252. The van der Waals surface area contributed by atoms with Crippen molar-refractivity contribution in [3.63, 3.8) is 0 Å². The molecule has 0 radical (unpaired) electrons. The average molecular weight is 424 g/mol. The Morgan fingerprint density at radius 3 is 2.44 bits per heavy atom. The van der Waals surface area contributed by atoms with E-state index < -0.39 is 45.7 Å². The van der Waals surface area contributed by atoms with Crippen LogP contribution in [0, 0.1) is 17.6 Å². The highest BCUT2D eigenvalue weighted by Crippen LogP contribution is 2.46. The van der Waals surface area contributed by atoms with Crippen molar-refractivity contribution < 1.29 is 22.0 Å². The maximum absolute atomic E-state index is 14.7. The van der Waals surface area contributed by atoms with Crippen LogP contribution in [0.3, 0.4) is 0 Å². The zero-order chi connectivity index (χ0) is 20.1. The van der Waals surface area contributed by atoms with Gasteiger partial charge in [0.25, 0.3) is 0 Å². The van der Waals surface area contributed by atoms with Crippen LogP contribution in [0.25, 0.3) is 11.3 Å². The molecule has 1 aliphatic rings. The molecule has 2 unspecified atom stereocenters. The van der Waals surface area contributed by atoms with Crippen molar-refractivity contribution in [2.75, 3.05) is 5.32 Å². The number of nitrogens with zero attached hydrogens (tertiary/aromatic N) is 3. The number of rotatable bonds is 3. The second kappa shape index (κ2) is 6.50. The molecule has 3 rings (SSSR count). The lowest BCUT2D eigenvalue weighted by Crippen LogP contribution is -2.48. The van der Waals surface area contributed by atoms with Crippen molar-refractivity contribution in [2.24, 2.45) is 11.7 Å². The van der Waals surface area contributed by atoms with Gasteiger partial charge in [0.2, 0.25) is 5.95 Å². The zero-order valence-corrected chi connectivity index (χ0v) is 15.1. The summed E-state index contributed by atoms with van der Waals surface area (Å²) in [5.74, 6) is -4.75. The second-order valence-corrected chi connectivity index (χ2v) is 6.67. The molecule has 3 N–H and O–H groups in total. The fourth-order valence-electron chi connectivity index (χ4n) is 2.79. The van der Waals surface area contributed by atoms with E-state index in [4.69, 9.17) is 17.3 Å². The van der Waals surface area contributed by atoms with Crippen molar-refractivity contribution in [3.8, 4) is 0 Å². The number of alkyl halides is 4. The monoisotopic (exact) mass is 423 g/mol. The van der Waals surface area contributed by atoms with Crippen LogP contribution in [-0.2, 0) is 0 Å². The maximum Gasteiger partial charge on any atom is 0.396 e. The van der Waals surface area contributed by atoms with Crippen LogP contribution < -0.4 is 11.1 Å². The van der Waals surface area contributed by atoms with Gasteiger partial charge in [-0.2, -0.15) is 23.3 Å². The number of nitrogens with one attached hydrogen (secondary N) is 1. The molecule has 0 saturated heterocycles. The van der Waals surface area contributed by atoms with Gasteiger partial charge in [0.05, 0.1) is 17.2 Å². The number of thiocarbonyl (C=S) groups is 1. The molecule has 0 bridgehead atoms. The van der Waals surface area contributed by atoms with E-state index in [1.54, 1.807) is 0 Å². The van der Waals surface area contributed by atoms with E-state index in [0.717, 1.165) is 35.4 Å². The molecule has 0 aliphatic carbocycles. The van der Waals surface area contributed by atoms with Gasteiger partial charge in [0.15, 0.2) is 5.12 Å². The number of halogens is 6. The molecular formula is C15H11ClF5N5S. The van der Waals surface area contributed by atoms with Gasteiger partial charge in [-0.1, -0.05) is 23.8 Å². The predicted octanol–water partition coefficient (Wildman–Crippen LogP) is 3.75. The summed E-state index contributed by atoms with van der Waals surface area (Å²) in [6, 6.07) is 1.75. The molecule has 27 heavy (non-hydrogen) atoms. The van der Waals surface area contributed by atoms with Crippen LogP contribution in [0.5, 0.6) is 0 Å². The van der Waals surface area contributed by atoms with Gasteiger partial charge in [0.1, 0.15) is 18.0 Å². The fourth-order valence-corrected chi connectivity index (χ4v) is 3.20. The lowest BCUT2D eigenvalue weighted by molar-refractivity contribution is -0.154. The summed E-state index contributed by atoms with van der Waals surface area (Å²) in [4.78, 5) is 3.74. The van der Waals surface area contributed by atoms with Gasteiger partial charge in [-0.05, 0) is 24.6 Å². The normalized spacial score (nSPS) is 20.9. The van der Waals surface area contributed by atoms with Crippen LogP contribution >= 0.6 is 23.8 Å².